The minimum absolute atomic E-state index is 0.142. The van der Waals surface area contributed by atoms with Gasteiger partial charge < -0.3 is 15.4 Å². The maximum absolute atomic E-state index is 11.6. The molecule has 1 saturated heterocycles. The molecule has 4 nitrogen and oxygen atoms in total. The van der Waals surface area contributed by atoms with E-state index in [1.807, 2.05) is 0 Å². The van der Waals surface area contributed by atoms with Crippen molar-refractivity contribution < 1.29 is 9.53 Å². The Balaban J connectivity index is 1.42. The monoisotopic (exact) mass is 252 g/mol. The first-order valence-electron chi connectivity index (χ1n) is 7.43. The quantitative estimate of drug-likeness (QED) is 0.794. The van der Waals surface area contributed by atoms with Crippen LogP contribution in [0.1, 0.15) is 51.4 Å². The average molecular weight is 252 g/mol. The molecule has 2 aliphatic carbocycles. The van der Waals surface area contributed by atoms with Crippen molar-refractivity contribution in [2.75, 3.05) is 13.2 Å². The molecule has 2 saturated carbocycles. The van der Waals surface area contributed by atoms with Crippen molar-refractivity contribution in [1.29, 1.82) is 0 Å². The smallest absolute Gasteiger partial charge is 0.234 e. The summed E-state index contributed by atoms with van der Waals surface area (Å²) in [5.74, 6) is 0.157. The zero-order chi connectivity index (χ0) is 12.4. The van der Waals surface area contributed by atoms with Crippen LogP contribution in [0.3, 0.4) is 0 Å². The molecule has 3 fully saturated rings. The number of carbonyl (C=O) groups is 1. The molecule has 0 bridgehead atoms. The van der Waals surface area contributed by atoms with E-state index >= 15 is 0 Å². The van der Waals surface area contributed by atoms with Gasteiger partial charge in [0.1, 0.15) is 0 Å². The summed E-state index contributed by atoms with van der Waals surface area (Å²) in [6.07, 6.45) is 9.46. The van der Waals surface area contributed by atoms with Crippen molar-refractivity contribution in [3.63, 3.8) is 0 Å². The van der Waals surface area contributed by atoms with Crippen LogP contribution in [0.15, 0.2) is 0 Å². The van der Waals surface area contributed by atoms with Gasteiger partial charge in [-0.2, -0.15) is 0 Å². The fraction of sp³-hybridized carbons (Fsp3) is 0.929. The van der Waals surface area contributed by atoms with Crippen LogP contribution < -0.4 is 10.6 Å². The van der Waals surface area contributed by atoms with Crippen molar-refractivity contribution in [1.82, 2.24) is 10.6 Å². The molecular weight excluding hydrogens is 228 g/mol. The van der Waals surface area contributed by atoms with Gasteiger partial charge in [0, 0.05) is 18.7 Å². The van der Waals surface area contributed by atoms with Gasteiger partial charge in [0.2, 0.25) is 5.91 Å². The molecule has 0 aromatic carbocycles. The molecule has 0 aromatic rings. The highest BCUT2D eigenvalue weighted by Gasteiger charge is 2.39. The number of amides is 1. The lowest BCUT2D eigenvalue weighted by Gasteiger charge is -2.38. The molecule has 1 atom stereocenters. The van der Waals surface area contributed by atoms with Crippen LogP contribution in [-0.2, 0) is 9.53 Å². The van der Waals surface area contributed by atoms with E-state index in [0.29, 0.717) is 18.6 Å². The Morgan fingerprint density at radius 1 is 1.17 bits per heavy atom. The second-order valence-corrected chi connectivity index (χ2v) is 6.15. The fourth-order valence-electron chi connectivity index (χ4n) is 3.31. The van der Waals surface area contributed by atoms with E-state index in [-0.39, 0.29) is 11.5 Å². The number of rotatable bonds is 4. The molecule has 18 heavy (non-hydrogen) atoms. The third-order valence-electron chi connectivity index (χ3n) is 4.50. The van der Waals surface area contributed by atoms with E-state index in [0.717, 1.165) is 32.3 Å². The highest BCUT2D eigenvalue weighted by molar-refractivity contribution is 5.78. The lowest BCUT2D eigenvalue weighted by Crippen LogP contribution is -2.48. The summed E-state index contributed by atoms with van der Waals surface area (Å²) >= 11 is 0. The third kappa shape index (κ3) is 3.04. The van der Waals surface area contributed by atoms with E-state index in [9.17, 15) is 4.79 Å². The molecule has 1 unspecified atom stereocenters. The van der Waals surface area contributed by atoms with Gasteiger partial charge in [-0.05, 0) is 38.5 Å². The minimum atomic E-state index is 0.142. The Hall–Kier alpha value is -0.610. The van der Waals surface area contributed by atoms with Gasteiger partial charge in [-0.3, -0.25) is 4.79 Å². The molecule has 0 radical (unpaired) electrons. The van der Waals surface area contributed by atoms with E-state index in [1.165, 1.54) is 25.7 Å². The summed E-state index contributed by atoms with van der Waals surface area (Å²) in [6, 6.07) is 0.928. The number of nitrogens with one attached hydrogen (secondary N) is 2. The predicted molar refractivity (Wildman–Crippen MR) is 69.3 cm³/mol. The molecule has 3 rings (SSSR count). The van der Waals surface area contributed by atoms with Crippen molar-refractivity contribution in [2.24, 2.45) is 0 Å². The van der Waals surface area contributed by atoms with Gasteiger partial charge in [-0.25, -0.2) is 0 Å². The van der Waals surface area contributed by atoms with Crippen LogP contribution in [0, 0.1) is 0 Å². The zero-order valence-electron chi connectivity index (χ0n) is 11.0. The molecule has 1 heterocycles. The van der Waals surface area contributed by atoms with E-state index in [2.05, 4.69) is 10.6 Å². The molecule has 4 heteroatoms. The van der Waals surface area contributed by atoms with Gasteiger partial charge in [0.05, 0.1) is 12.1 Å². The average Bonchev–Trinajstić information content (AvgIpc) is 3.07. The molecule has 3 aliphatic rings. The maximum atomic E-state index is 11.6. The third-order valence-corrected chi connectivity index (χ3v) is 4.50. The van der Waals surface area contributed by atoms with Crippen molar-refractivity contribution in [3.8, 4) is 0 Å². The van der Waals surface area contributed by atoms with Gasteiger partial charge in [-0.1, -0.05) is 12.8 Å². The van der Waals surface area contributed by atoms with Crippen molar-refractivity contribution in [2.45, 2.75) is 69.1 Å². The van der Waals surface area contributed by atoms with E-state index < -0.39 is 0 Å². The van der Waals surface area contributed by atoms with Crippen LogP contribution in [-0.4, -0.2) is 36.7 Å². The summed E-state index contributed by atoms with van der Waals surface area (Å²) < 4.78 is 6.00. The highest BCUT2D eigenvalue weighted by Crippen LogP contribution is 2.39. The Morgan fingerprint density at radius 2 is 1.94 bits per heavy atom. The molecule has 0 aromatic heterocycles. The number of ether oxygens (including phenoxy) is 1. The predicted octanol–water partition coefficient (Wildman–Crippen LogP) is 1.35. The van der Waals surface area contributed by atoms with Crippen LogP contribution in [0.4, 0.5) is 0 Å². The molecule has 102 valence electrons. The number of hydrogen-bond donors (Lipinski definition) is 2. The second-order valence-electron chi connectivity index (χ2n) is 6.15. The fourth-order valence-corrected chi connectivity index (χ4v) is 3.31. The van der Waals surface area contributed by atoms with Gasteiger partial charge in [0.25, 0.3) is 0 Å². The molecule has 1 spiro atoms. The Bertz CT molecular complexity index is 309. The Morgan fingerprint density at radius 3 is 2.67 bits per heavy atom. The SMILES string of the molecule is O=C(CNC1CCOC2(CCCC2)C1)NC1CC1. The maximum Gasteiger partial charge on any atom is 0.234 e. The first-order chi connectivity index (χ1) is 8.76. The normalized spacial score (nSPS) is 30.6. The summed E-state index contributed by atoms with van der Waals surface area (Å²) in [6.45, 7) is 1.32. The van der Waals surface area contributed by atoms with Crippen molar-refractivity contribution in [3.05, 3.63) is 0 Å². The first kappa shape index (κ1) is 12.4. The van der Waals surface area contributed by atoms with Gasteiger partial charge >= 0.3 is 0 Å². The minimum Gasteiger partial charge on any atom is -0.375 e. The summed E-state index contributed by atoms with van der Waals surface area (Å²) in [4.78, 5) is 11.6. The topological polar surface area (TPSA) is 50.4 Å². The summed E-state index contributed by atoms with van der Waals surface area (Å²) in [5, 5.41) is 6.44. The molecule has 2 N–H and O–H groups in total. The number of carbonyl (C=O) groups excluding carboxylic acids is 1. The van der Waals surface area contributed by atoms with Crippen LogP contribution in [0.5, 0.6) is 0 Å². The van der Waals surface area contributed by atoms with Crippen molar-refractivity contribution >= 4 is 5.91 Å². The van der Waals surface area contributed by atoms with Crippen LogP contribution >= 0.6 is 0 Å². The van der Waals surface area contributed by atoms with Gasteiger partial charge in [-0.15, -0.1) is 0 Å². The Labute approximate surface area is 109 Å². The molecule has 1 aliphatic heterocycles. The largest absolute Gasteiger partial charge is 0.375 e. The Kier molecular flexibility index (Phi) is 3.57. The van der Waals surface area contributed by atoms with Crippen LogP contribution in [0.25, 0.3) is 0 Å². The molecular formula is C14H24N2O2. The summed E-state index contributed by atoms with van der Waals surface area (Å²) in [7, 11) is 0. The lowest BCUT2D eigenvalue weighted by molar-refractivity contribution is -0.121. The van der Waals surface area contributed by atoms with E-state index in [1.54, 1.807) is 0 Å². The second kappa shape index (κ2) is 5.17. The number of hydrogen-bond acceptors (Lipinski definition) is 3. The molecule has 1 amide bonds. The van der Waals surface area contributed by atoms with Crippen LogP contribution in [0.2, 0.25) is 0 Å². The van der Waals surface area contributed by atoms with E-state index in [4.69, 9.17) is 4.74 Å². The summed E-state index contributed by atoms with van der Waals surface area (Å²) in [5.41, 5.74) is 0.142. The zero-order valence-corrected chi connectivity index (χ0v) is 11.0. The lowest BCUT2D eigenvalue weighted by atomic mass is 9.89. The standard InChI is InChI=1S/C14H24N2O2/c17-13(16-11-3-4-11)10-15-12-5-8-18-14(9-12)6-1-2-7-14/h11-12,15H,1-10H2,(H,16,17). The highest BCUT2D eigenvalue weighted by atomic mass is 16.5. The van der Waals surface area contributed by atoms with Gasteiger partial charge in [0.15, 0.2) is 0 Å². The first-order valence-corrected chi connectivity index (χ1v) is 7.43.